The van der Waals surface area contributed by atoms with Crippen LogP contribution in [-0.2, 0) is 4.74 Å². The zero-order valence-corrected chi connectivity index (χ0v) is 11.0. The first kappa shape index (κ1) is 14.5. The predicted octanol–water partition coefficient (Wildman–Crippen LogP) is 1.69. The molecule has 18 heavy (non-hydrogen) atoms. The molecule has 7 heteroatoms. The number of hydrogen-bond donors (Lipinski definition) is 1. The van der Waals surface area contributed by atoms with E-state index in [1.165, 1.54) is 24.9 Å². The van der Waals surface area contributed by atoms with Gasteiger partial charge >= 0.3 is 0 Å². The summed E-state index contributed by atoms with van der Waals surface area (Å²) >= 11 is 1.33. The number of carbonyl (C=O) groups is 1. The highest BCUT2D eigenvalue weighted by atomic mass is 32.2. The number of nitrogens with one attached hydrogen (secondary N) is 1. The second-order valence-corrected chi connectivity index (χ2v) is 4.50. The molecule has 0 bridgehead atoms. The van der Waals surface area contributed by atoms with E-state index in [-0.39, 0.29) is 17.2 Å². The van der Waals surface area contributed by atoms with Crippen LogP contribution in [0.15, 0.2) is 23.1 Å². The van der Waals surface area contributed by atoms with Crippen LogP contribution in [0.5, 0.6) is 0 Å². The minimum atomic E-state index is -0.485. The van der Waals surface area contributed by atoms with Crippen molar-refractivity contribution in [3.05, 3.63) is 33.9 Å². The van der Waals surface area contributed by atoms with Gasteiger partial charge in [0, 0.05) is 31.5 Å². The normalized spacial score (nSPS) is 10.1. The summed E-state index contributed by atoms with van der Waals surface area (Å²) in [6, 6.07) is 4.44. The van der Waals surface area contributed by atoms with Gasteiger partial charge in [0.2, 0.25) is 0 Å². The summed E-state index contributed by atoms with van der Waals surface area (Å²) in [5.41, 5.74) is 0.220. The van der Waals surface area contributed by atoms with Crippen LogP contribution < -0.4 is 5.32 Å². The molecule has 1 aromatic rings. The second-order valence-electron chi connectivity index (χ2n) is 3.36. The predicted molar refractivity (Wildman–Crippen MR) is 69.1 cm³/mol. The zero-order valence-electron chi connectivity index (χ0n) is 10.1. The molecular formula is C11H14N2O4S. The van der Waals surface area contributed by atoms with E-state index in [1.54, 1.807) is 19.2 Å². The van der Waals surface area contributed by atoms with Crippen LogP contribution >= 0.6 is 11.8 Å². The Kier molecular flexibility index (Phi) is 5.60. The van der Waals surface area contributed by atoms with Gasteiger partial charge in [0.1, 0.15) is 0 Å². The minimum Gasteiger partial charge on any atom is -0.384 e. The molecule has 0 saturated heterocycles. The SMILES string of the molecule is CNC(=O)c1ccc(SCCOC)c([N+](=O)[O-])c1. The number of amides is 1. The van der Waals surface area contributed by atoms with Gasteiger partial charge in [0.25, 0.3) is 11.6 Å². The van der Waals surface area contributed by atoms with Crippen molar-refractivity contribution in [2.75, 3.05) is 26.5 Å². The molecule has 0 radical (unpaired) electrons. The standard InChI is InChI=1S/C11H14N2O4S/c1-12-11(14)8-3-4-10(18-6-5-17-2)9(7-8)13(15)16/h3-4,7H,5-6H2,1-2H3,(H,12,14). The first-order valence-corrected chi connectivity index (χ1v) is 6.21. The Morgan fingerprint density at radius 3 is 2.83 bits per heavy atom. The maximum atomic E-state index is 11.4. The van der Waals surface area contributed by atoms with Crippen molar-refractivity contribution < 1.29 is 14.5 Å². The molecule has 0 aliphatic heterocycles. The van der Waals surface area contributed by atoms with E-state index in [0.29, 0.717) is 17.3 Å². The minimum absolute atomic E-state index is 0.0581. The number of ether oxygens (including phenoxy) is 1. The maximum absolute atomic E-state index is 11.4. The number of nitro groups is 1. The van der Waals surface area contributed by atoms with Crippen molar-refractivity contribution in [3.8, 4) is 0 Å². The lowest BCUT2D eigenvalue weighted by molar-refractivity contribution is -0.387. The van der Waals surface area contributed by atoms with E-state index in [2.05, 4.69) is 5.32 Å². The van der Waals surface area contributed by atoms with Crippen LogP contribution in [0.4, 0.5) is 5.69 Å². The summed E-state index contributed by atoms with van der Waals surface area (Å²) in [5, 5.41) is 13.4. The fraction of sp³-hybridized carbons (Fsp3) is 0.364. The lowest BCUT2D eigenvalue weighted by Crippen LogP contribution is -2.17. The van der Waals surface area contributed by atoms with Crippen LogP contribution in [0, 0.1) is 10.1 Å². The van der Waals surface area contributed by atoms with E-state index in [9.17, 15) is 14.9 Å². The summed E-state index contributed by atoms with van der Waals surface area (Å²) in [6.07, 6.45) is 0. The third-order valence-corrected chi connectivity index (χ3v) is 3.22. The average Bonchev–Trinajstić information content (AvgIpc) is 2.38. The van der Waals surface area contributed by atoms with Gasteiger partial charge in [-0.2, -0.15) is 0 Å². The van der Waals surface area contributed by atoms with Crippen molar-refractivity contribution >= 4 is 23.4 Å². The molecule has 0 atom stereocenters. The highest BCUT2D eigenvalue weighted by Crippen LogP contribution is 2.29. The van der Waals surface area contributed by atoms with Gasteiger partial charge in [0.15, 0.2) is 0 Å². The number of thioether (sulfide) groups is 1. The molecule has 0 aliphatic carbocycles. The molecule has 98 valence electrons. The molecule has 1 aromatic carbocycles. The number of carbonyl (C=O) groups excluding carboxylic acids is 1. The van der Waals surface area contributed by atoms with Gasteiger partial charge in [-0.25, -0.2) is 0 Å². The Morgan fingerprint density at radius 1 is 1.56 bits per heavy atom. The molecule has 0 fully saturated rings. The first-order chi connectivity index (χ1) is 8.60. The Labute approximate surface area is 109 Å². The topological polar surface area (TPSA) is 81.5 Å². The zero-order chi connectivity index (χ0) is 13.5. The lowest BCUT2D eigenvalue weighted by Gasteiger charge is -2.05. The highest BCUT2D eigenvalue weighted by Gasteiger charge is 2.17. The molecule has 0 aromatic heterocycles. The molecule has 1 amide bonds. The lowest BCUT2D eigenvalue weighted by atomic mass is 10.2. The Bertz CT molecular complexity index is 451. The average molecular weight is 270 g/mol. The van der Waals surface area contributed by atoms with Crippen LogP contribution in [-0.4, -0.2) is 37.3 Å². The van der Waals surface area contributed by atoms with E-state index in [4.69, 9.17) is 4.74 Å². The highest BCUT2D eigenvalue weighted by molar-refractivity contribution is 7.99. The summed E-state index contributed by atoms with van der Waals surface area (Å²) in [4.78, 5) is 22.4. The van der Waals surface area contributed by atoms with Gasteiger partial charge in [0.05, 0.1) is 16.4 Å². The Hall–Kier alpha value is -1.60. The van der Waals surface area contributed by atoms with Crippen LogP contribution in [0.25, 0.3) is 0 Å². The van der Waals surface area contributed by atoms with Crippen LogP contribution in [0.2, 0.25) is 0 Å². The summed E-state index contributed by atoms with van der Waals surface area (Å²) < 4.78 is 4.89. The molecule has 0 aliphatic rings. The van der Waals surface area contributed by atoms with Gasteiger partial charge in [-0.15, -0.1) is 11.8 Å². The quantitative estimate of drug-likeness (QED) is 0.368. The van der Waals surface area contributed by atoms with E-state index >= 15 is 0 Å². The Morgan fingerprint density at radius 2 is 2.28 bits per heavy atom. The molecular weight excluding hydrogens is 256 g/mol. The summed E-state index contributed by atoms with van der Waals surface area (Å²) in [5.74, 6) is 0.281. The smallest absolute Gasteiger partial charge is 0.283 e. The molecule has 1 rings (SSSR count). The van der Waals surface area contributed by atoms with Crippen LogP contribution in [0.3, 0.4) is 0 Å². The van der Waals surface area contributed by atoms with Crippen molar-refractivity contribution in [1.29, 1.82) is 0 Å². The number of benzene rings is 1. The third kappa shape index (κ3) is 3.71. The molecule has 0 saturated carbocycles. The molecule has 0 unspecified atom stereocenters. The largest absolute Gasteiger partial charge is 0.384 e. The fourth-order valence-electron chi connectivity index (χ4n) is 1.30. The van der Waals surface area contributed by atoms with E-state index in [1.807, 2.05) is 0 Å². The van der Waals surface area contributed by atoms with Gasteiger partial charge in [-0.1, -0.05) is 0 Å². The third-order valence-electron chi connectivity index (χ3n) is 2.19. The van der Waals surface area contributed by atoms with E-state index in [0.717, 1.165) is 0 Å². The van der Waals surface area contributed by atoms with Crippen molar-refractivity contribution in [2.24, 2.45) is 0 Å². The Balaban J connectivity index is 2.97. The maximum Gasteiger partial charge on any atom is 0.283 e. The molecule has 0 spiro atoms. The van der Waals surface area contributed by atoms with Crippen molar-refractivity contribution in [1.82, 2.24) is 5.32 Å². The summed E-state index contributed by atoms with van der Waals surface area (Å²) in [7, 11) is 3.05. The first-order valence-electron chi connectivity index (χ1n) is 5.22. The van der Waals surface area contributed by atoms with E-state index < -0.39 is 4.92 Å². The number of rotatable bonds is 6. The second kappa shape index (κ2) is 6.97. The van der Waals surface area contributed by atoms with Crippen molar-refractivity contribution in [2.45, 2.75) is 4.90 Å². The molecule has 1 N–H and O–H groups in total. The van der Waals surface area contributed by atoms with Crippen molar-refractivity contribution in [3.63, 3.8) is 0 Å². The number of nitro benzene ring substituents is 1. The number of nitrogens with zero attached hydrogens (tertiary/aromatic N) is 1. The molecule has 0 heterocycles. The van der Waals surface area contributed by atoms with Gasteiger partial charge in [-0.3, -0.25) is 14.9 Å². The number of methoxy groups -OCH3 is 1. The molecule has 6 nitrogen and oxygen atoms in total. The fourth-order valence-corrected chi connectivity index (χ4v) is 2.22. The monoisotopic (exact) mass is 270 g/mol. The number of hydrogen-bond acceptors (Lipinski definition) is 5. The van der Waals surface area contributed by atoms with Gasteiger partial charge in [-0.05, 0) is 12.1 Å². The summed E-state index contributed by atoms with van der Waals surface area (Å²) in [6.45, 7) is 0.513. The van der Waals surface area contributed by atoms with Crippen LogP contribution in [0.1, 0.15) is 10.4 Å². The van der Waals surface area contributed by atoms with Gasteiger partial charge < -0.3 is 10.1 Å².